The highest BCUT2D eigenvalue weighted by Gasteiger charge is 2.21. The number of hydrogen-bond acceptors (Lipinski definition) is 6. The Morgan fingerprint density at radius 1 is 1.03 bits per heavy atom. The summed E-state index contributed by atoms with van der Waals surface area (Å²) in [6.45, 7) is -0.494. The summed E-state index contributed by atoms with van der Waals surface area (Å²) < 4.78 is 11.5. The van der Waals surface area contributed by atoms with Gasteiger partial charge in [0.15, 0.2) is 18.2 Å². The summed E-state index contributed by atoms with van der Waals surface area (Å²) in [6.07, 6.45) is 0. The molecule has 9 heteroatoms. The number of Topliss-reactive ketones (excluding diaryl/α,β-unsaturated/α-hetero) is 1. The van der Waals surface area contributed by atoms with Gasteiger partial charge in [-0.15, -0.1) is 0 Å². The number of hydrogen-bond donors (Lipinski definition) is 0. The van der Waals surface area contributed by atoms with Crippen molar-refractivity contribution >= 4 is 45.6 Å². The van der Waals surface area contributed by atoms with Crippen LogP contribution < -0.4 is 10.2 Å². The first-order valence-corrected chi connectivity index (χ1v) is 10.0. The molecule has 160 valence electrons. The van der Waals surface area contributed by atoms with Crippen LogP contribution in [-0.4, -0.2) is 17.3 Å². The first-order valence-electron chi connectivity index (χ1n) is 9.27. The fourth-order valence-electron chi connectivity index (χ4n) is 3.09. The molecular weight excluding hydrogens is 457 g/mol. The molecule has 0 saturated carbocycles. The number of carbonyl (C=O) groups is 1. The maximum Gasteiger partial charge on any atom is 0.269 e. The molecule has 4 aromatic rings. The Morgan fingerprint density at radius 3 is 2.44 bits per heavy atom. The molecule has 0 radical (unpaired) electrons. The molecule has 3 aromatic carbocycles. The van der Waals surface area contributed by atoms with Gasteiger partial charge in [-0.25, -0.2) is 0 Å². The van der Waals surface area contributed by atoms with Gasteiger partial charge in [-0.3, -0.25) is 19.7 Å². The smallest absolute Gasteiger partial charge is 0.269 e. The van der Waals surface area contributed by atoms with Crippen LogP contribution in [0.1, 0.15) is 10.4 Å². The highest BCUT2D eigenvalue weighted by Crippen LogP contribution is 2.35. The molecule has 0 aliphatic carbocycles. The minimum absolute atomic E-state index is 0.0759. The molecule has 1 aromatic heterocycles. The second-order valence-corrected chi connectivity index (χ2v) is 7.57. The fraction of sp³-hybridized carbons (Fsp3) is 0.0435. The lowest BCUT2D eigenvalue weighted by Crippen LogP contribution is -2.17. The number of ether oxygens (including phenoxy) is 1. The number of nitro groups is 1. The van der Waals surface area contributed by atoms with Gasteiger partial charge >= 0.3 is 0 Å². The Kier molecular flexibility index (Phi) is 5.94. The number of nitrogens with zero attached hydrogens (tertiary/aromatic N) is 1. The van der Waals surface area contributed by atoms with E-state index < -0.39 is 22.7 Å². The lowest BCUT2D eigenvalue weighted by molar-refractivity contribution is -0.384. The van der Waals surface area contributed by atoms with Crippen molar-refractivity contribution in [3.8, 4) is 17.1 Å². The van der Waals surface area contributed by atoms with E-state index in [1.165, 1.54) is 30.3 Å². The standard InChI is InChI=1S/C23H13Cl2NO6/c24-14-7-10-20-17(11-14)21(28)23(22(32-20)16-3-1-2-4-18(16)25)31-12-19(27)13-5-8-15(9-6-13)26(29)30/h1-11H,12H2. The minimum atomic E-state index is -0.563. The molecular formula is C23H13Cl2NO6. The normalized spacial score (nSPS) is 10.8. The molecule has 0 aliphatic heterocycles. The topological polar surface area (TPSA) is 99.7 Å². The molecule has 0 atom stereocenters. The number of carbonyl (C=O) groups excluding carboxylic acids is 1. The first kappa shape index (κ1) is 21.5. The summed E-state index contributed by atoms with van der Waals surface area (Å²) >= 11 is 12.3. The maximum atomic E-state index is 13.2. The highest BCUT2D eigenvalue weighted by atomic mass is 35.5. The second-order valence-electron chi connectivity index (χ2n) is 6.73. The SMILES string of the molecule is O=C(COc1c(-c2ccccc2Cl)oc2ccc(Cl)cc2c1=O)c1ccc([N+](=O)[O-])cc1. The predicted octanol–water partition coefficient (Wildman–Crippen LogP) is 5.94. The predicted molar refractivity (Wildman–Crippen MR) is 121 cm³/mol. The largest absolute Gasteiger partial charge is 0.478 e. The zero-order valence-electron chi connectivity index (χ0n) is 16.2. The average Bonchev–Trinajstić information content (AvgIpc) is 2.79. The van der Waals surface area contributed by atoms with Crippen molar-refractivity contribution in [2.24, 2.45) is 0 Å². The summed E-state index contributed by atoms with van der Waals surface area (Å²) in [5.41, 5.74) is 0.239. The van der Waals surface area contributed by atoms with Crippen molar-refractivity contribution in [3.63, 3.8) is 0 Å². The molecule has 0 fully saturated rings. The molecule has 0 N–H and O–H groups in total. The molecule has 0 spiro atoms. The van der Waals surface area contributed by atoms with Crippen LogP contribution in [-0.2, 0) is 0 Å². The van der Waals surface area contributed by atoms with Gasteiger partial charge in [0.1, 0.15) is 5.58 Å². The number of nitro benzene ring substituents is 1. The number of fused-ring (bicyclic) bond motifs is 1. The summed E-state index contributed by atoms with van der Waals surface area (Å²) in [5, 5.41) is 11.6. The summed E-state index contributed by atoms with van der Waals surface area (Å²) in [5.74, 6) is -0.592. The fourth-order valence-corrected chi connectivity index (χ4v) is 3.49. The van der Waals surface area contributed by atoms with Gasteiger partial charge in [0, 0.05) is 28.3 Å². The minimum Gasteiger partial charge on any atom is -0.478 e. The lowest BCUT2D eigenvalue weighted by Gasteiger charge is -2.12. The third-order valence-electron chi connectivity index (χ3n) is 4.68. The first-order chi connectivity index (χ1) is 15.3. The van der Waals surface area contributed by atoms with Crippen molar-refractivity contribution in [1.29, 1.82) is 0 Å². The van der Waals surface area contributed by atoms with E-state index in [0.29, 0.717) is 15.6 Å². The van der Waals surface area contributed by atoms with Crippen molar-refractivity contribution in [1.82, 2.24) is 0 Å². The third-order valence-corrected chi connectivity index (χ3v) is 5.24. The Labute approximate surface area is 190 Å². The molecule has 1 heterocycles. The highest BCUT2D eigenvalue weighted by molar-refractivity contribution is 6.33. The van der Waals surface area contributed by atoms with Gasteiger partial charge in [-0.1, -0.05) is 35.3 Å². The zero-order chi connectivity index (χ0) is 22.8. The van der Waals surface area contributed by atoms with Gasteiger partial charge < -0.3 is 9.15 Å². The number of rotatable bonds is 6. The Bertz CT molecular complexity index is 1410. The summed E-state index contributed by atoms with van der Waals surface area (Å²) in [6, 6.07) is 16.4. The van der Waals surface area contributed by atoms with Crippen LogP contribution >= 0.6 is 23.2 Å². The quantitative estimate of drug-likeness (QED) is 0.197. The van der Waals surface area contributed by atoms with Crippen molar-refractivity contribution in [2.75, 3.05) is 6.61 Å². The lowest BCUT2D eigenvalue weighted by atomic mass is 10.1. The van der Waals surface area contributed by atoms with Crippen LogP contribution in [0.25, 0.3) is 22.3 Å². The van der Waals surface area contributed by atoms with Crippen LogP contribution in [0.5, 0.6) is 5.75 Å². The van der Waals surface area contributed by atoms with Gasteiger partial charge in [0.2, 0.25) is 11.2 Å². The molecule has 7 nitrogen and oxygen atoms in total. The van der Waals surface area contributed by atoms with E-state index in [1.807, 2.05) is 0 Å². The van der Waals surface area contributed by atoms with E-state index >= 15 is 0 Å². The van der Waals surface area contributed by atoms with Crippen molar-refractivity contribution in [2.45, 2.75) is 0 Å². The molecule has 0 bridgehead atoms. The van der Waals surface area contributed by atoms with E-state index in [2.05, 4.69) is 0 Å². The Balaban J connectivity index is 1.75. The maximum absolute atomic E-state index is 13.2. The van der Waals surface area contributed by atoms with Gasteiger partial charge in [-0.05, 0) is 42.5 Å². The van der Waals surface area contributed by atoms with Gasteiger partial charge in [0.25, 0.3) is 5.69 Å². The van der Waals surface area contributed by atoms with Crippen LogP contribution in [0, 0.1) is 10.1 Å². The monoisotopic (exact) mass is 469 g/mol. The number of ketones is 1. The van der Waals surface area contributed by atoms with Crippen LogP contribution in [0.15, 0.2) is 75.9 Å². The van der Waals surface area contributed by atoms with E-state index in [4.69, 9.17) is 32.4 Å². The van der Waals surface area contributed by atoms with E-state index in [9.17, 15) is 19.7 Å². The van der Waals surface area contributed by atoms with E-state index in [1.54, 1.807) is 36.4 Å². The van der Waals surface area contributed by atoms with E-state index in [-0.39, 0.29) is 33.7 Å². The average molecular weight is 470 g/mol. The number of benzene rings is 3. The second kappa shape index (κ2) is 8.82. The molecule has 32 heavy (non-hydrogen) atoms. The Morgan fingerprint density at radius 2 is 1.75 bits per heavy atom. The van der Waals surface area contributed by atoms with Crippen molar-refractivity contribution in [3.05, 3.63) is 103 Å². The third kappa shape index (κ3) is 4.21. The molecule has 0 amide bonds. The molecule has 4 rings (SSSR count). The van der Waals surface area contributed by atoms with Crippen molar-refractivity contribution < 1.29 is 18.9 Å². The van der Waals surface area contributed by atoms with Crippen LogP contribution in [0.4, 0.5) is 5.69 Å². The number of non-ortho nitro benzene ring substituents is 1. The summed E-state index contributed by atoms with van der Waals surface area (Å²) in [4.78, 5) is 36.0. The van der Waals surface area contributed by atoms with Crippen LogP contribution in [0.3, 0.4) is 0 Å². The molecule has 0 aliphatic rings. The summed E-state index contributed by atoms with van der Waals surface area (Å²) in [7, 11) is 0. The van der Waals surface area contributed by atoms with Gasteiger partial charge in [-0.2, -0.15) is 0 Å². The molecule has 0 unspecified atom stereocenters. The number of halogens is 2. The zero-order valence-corrected chi connectivity index (χ0v) is 17.7. The Hall–Kier alpha value is -3.68. The van der Waals surface area contributed by atoms with E-state index in [0.717, 1.165) is 0 Å². The van der Waals surface area contributed by atoms with Crippen LogP contribution in [0.2, 0.25) is 10.0 Å². The molecule has 0 saturated heterocycles. The van der Waals surface area contributed by atoms with Gasteiger partial charge in [0.05, 0.1) is 15.3 Å².